The highest BCUT2D eigenvalue weighted by molar-refractivity contribution is 7.98. The maximum absolute atomic E-state index is 13.5. The molecule has 0 spiro atoms. The van der Waals surface area contributed by atoms with Gasteiger partial charge in [-0.1, -0.05) is 47.7 Å². The summed E-state index contributed by atoms with van der Waals surface area (Å²) in [6.45, 7) is -0.625. The topological polar surface area (TPSA) is 48.5 Å². The number of para-hydroxylation sites is 2. The monoisotopic (exact) mass is 385 g/mol. The quantitative estimate of drug-likeness (QED) is 0.462. The molecule has 2 aromatic carbocycles. The second kappa shape index (κ2) is 7.11. The van der Waals surface area contributed by atoms with Crippen LogP contribution in [0.3, 0.4) is 0 Å². The smallest absolute Gasteiger partial charge is 0.305 e. The Kier molecular flexibility index (Phi) is 4.65. The molecule has 138 valence electrons. The van der Waals surface area contributed by atoms with Gasteiger partial charge in [-0.25, -0.2) is 4.98 Å². The van der Waals surface area contributed by atoms with Gasteiger partial charge in [0, 0.05) is 12.6 Å². The molecule has 0 bridgehead atoms. The van der Waals surface area contributed by atoms with Crippen LogP contribution in [0, 0.1) is 6.92 Å². The Bertz CT molecular complexity index is 1100. The molecular formula is C19H17F2N5S. The summed E-state index contributed by atoms with van der Waals surface area (Å²) in [6.07, 6.45) is 0. The second-order valence-corrected chi connectivity index (χ2v) is 7.13. The summed E-state index contributed by atoms with van der Waals surface area (Å²) in [5.41, 5.74) is 3.10. The molecule has 0 aliphatic rings. The fourth-order valence-corrected chi connectivity index (χ4v) is 3.86. The third kappa shape index (κ3) is 3.32. The number of hydrogen-bond donors (Lipinski definition) is 0. The summed E-state index contributed by atoms with van der Waals surface area (Å²) in [5.74, 6) is 1.33. The molecule has 0 atom stereocenters. The largest absolute Gasteiger partial charge is 0.320 e. The molecule has 2 heterocycles. The van der Waals surface area contributed by atoms with E-state index in [1.807, 2.05) is 42.8 Å². The third-order valence-electron chi connectivity index (χ3n) is 4.31. The van der Waals surface area contributed by atoms with Gasteiger partial charge in [0.05, 0.1) is 16.8 Å². The van der Waals surface area contributed by atoms with Crippen LogP contribution >= 0.6 is 11.8 Å². The van der Waals surface area contributed by atoms with Crippen molar-refractivity contribution >= 4 is 22.8 Å². The van der Waals surface area contributed by atoms with Crippen LogP contribution in [0.15, 0.2) is 53.7 Å². The van der Waals surface area contributed by atoms with Crippen LogP contribution in [0.4, 0.5) is 8.78 Å². The molecule has 0 saturated heterocycles. The number of rotatable bonds is 5. The summed E-state index contributed by atoms with van der Waals surface area (Å²) in [6, 6.07) is 14.9. The van der Waals surface area contributed by atoms with Crippen molar-refractivity contribution in [3.63, 3.8) is 0 Å². The Morgan fingerprint density at radius 1 is 1.07 bits per heavy atom. The summed E-state index contributed by atoms with van der Waals surface area (Å²) in [5, 5.41) is 9.13. The van der Waals surface area contributed by atoms with Gasteiger partial charge in [0.2, 0.25) is 0 Å². The molecular weight excluding hydrogens is 368 g/mol. The van der Waals surface area contributed by atoms with Crippen molar-refractivity contribution in [2.24, 2.45) is 7.05 Å². The van der Waals surface area contributed by atoms with Gasteiger partial charge < -0.3 is 4.57 Å². The van der Waals surface area contributed by atoms with Crippen LogP contribution in [-0.2, 0) is 12.8 Å². The fraction of sp³-hybridized carbons (Fsp3) is 0.211. The number of alkyl halides is 2. The fourth-order valence-electron chi connectivity index (χ4n) is 3.02. The molecule has 0 N–H and O–H groups in total. The summed E-state index contributed by atoms with van der Waals surface area (Å²) in [4.78, 5) is 4.36. The molecule has 0 saturated carbocycles. The van der Waals surface area contributed by atoms with E-state index in [1.54, 1.807) is 24.3 Å². The zero-order chi connectivity index (χ0) is 19.0. The Morgan fingerprint density at radius 2 is 1.89 bits per heavy atom. The lowest BCUT2D eigenvalue weighted by molar-refractivity contribution is 0.0722. The van der Waals surface area contributed by atoms with Crippen LogP contribution in [0.25, 0.3) is 22.4 Å². The number of hydrogen-bond acceptors (Lipinski definition) is 4. The zero-order valence-corrected chi connectivity index (χ0v) is 15.6. The van der Waals surface area contributed by atoms with E-state index in [0.717, 1.165) is 21.5 Å². The van der Waals surface area contributed by atoms with E-state index < -0.39 is 6.55 Å². The summed E-state index contributed by atoms with van der Waals surface area (Å²) < 4.78 is 29.9. The molecule has 0 aliphatic carbocycles. The molecule has 4 aromatic rings. The molecule has 0 amide bonds. The van der Waals surface area contributed by atoms with E-state index in [-0.39, 0.29) is 5.75 Å². The maximum Gasteiger partial charge on any atom is 0.320 e. The standard InChI is InChI=1S/C19H17F2N5S/c1-12-6-5-7-13(10-12)17-23-24-19(25(17)2)27-11-16-22-14-8-3-4-9-15(14)26(16)18(20)21/h3-10,18H,11H2,1-2H3. The van der Waals surface area contributed by atoms with Crippen LogP contribution in [0.1, 0.15) is 17.9 Å². The minimum absolute atomic E-state index is 0.277. The van der Waals surface area contributed by atoms with E-state index in [1.165, 1.54) is 11.8 Å². The molecule has 0 aliphatic heterocycles. The van der Waals surface area contributed by atoms with Crippen molar-refractivity contribution in [2.45, 2.75) is 24.4 Å². The lowest BCUT2D eigenvalue weighted by Crippen LogP contribution is -2.04. The minimum Gasteiger partial charge on any atom is -0.305 e. The predicted molar refractivity (Wildman–Crippen MR) is 102 cm³/mol. The van der Waals surface area contributed by atoms with Crippen molar-refractivity contribution in [2.75, 3.05) is 0 Å². The van der Waals surface area contributed by atoms with Crippen molar-refractivity contribution in [3.05, 3.63) is 59.9 Å². The average Bonchev–Trinajstić information content (AvgIpc) is 3.20. The molecule has 27 heavy (non-hydrogen) atoms. The van der Waals surface area contributed by atoms with E-state index in [9.17, 15) is 8.78 Å². The van der Waals surface area contributed by atoms with Crippen molar-refractivity contribution in [3.8, 4) is 11.4 Å². The highest BCUT2D eigenvalue weighted by Crippen LogP contribution is 2.29. The number of fused-ring (bicyclic) bond motifs is 1. The summed E-state index contributed by atoms with van der Waals surface area (Å²) >= 11 is 1.34. The first-order valence-electron chi connectivity index (χ1n) is 8.38. The highest BCUT2D eigenvalue weighted by Gasteiger charge is 2.19. The molecule has 0 unspecified atom stereocenters. The number of benzene rings is 2. The third-order valence-corrected chi connectivity index (χ3v) is 5.32. The number of aryl methyl sites for hydroxylation is 1. The highest BCUT2D eigenvalue weighted by atomic mass is 32.2. The predicted octanol–water partition coefficient (Wildman–Crippen LogP) is 4.83. The minimum atomic E-state index is -2.64. The van der Waals surface area contributed by atoms with Crippen molar-refractivity contribution < 1.29 is 8.78 Å². The van der Waals surface area contributed by atoms with Gasteiger partial charge in [-0.05, 0) is 25.1 Å². The van der Waals surface area contributed by atoms with E-state index in [4.69, 9.17) is 0 Å². The molecule has 8 heteroatoms. The number of thioether (sulfide) groups is 1. The van der Waals surface area contributed by atoms with E-state index in [2.05, 4.69) is 15.2 Å². The van der Waals surface area contributed by atoms with Crippen LogP contribution < -0.4 is 0 Å². The van der Waals surface area contributed by atoms with Gasteiger partial charge in [0.1, 0.15) is 5.82 Å². The van der Waals surface area contributed by atoms with Gasteiger partial charge in [0.15, 0.2) is 11.0 Å². The van der Waals surface area contributed by atoms with Gasteiger partial charge >= 0.3 is 6.55 Å². The molecule has 2 aromatic heterocycles. The Hall–Kier alpha value is -2.74. The van der Waals surface area contributed by atoms with Gasteiger partial charge in [-0.15, -0.1) is 10.2 Å². The van der Waals surface area contributed by atoms with Crippen LogP contribution in [0.2, 0.25) is 0 Å². The van der Waals surface area contributed by atoms with Gasteiger partial charge in [-0.3, -0.25) is 4.57 Å². The molecule has 4 rings (SSSR count). The SMILES string of the molecule is Cc1cccc(-c2nnc(SCc3nc4ccccc4n3C(F)F)n2C)c1. The number of nitrogens with zero attached hydrogens (tertiary/aromatic N) is 5. The first-order valence-corrected chi connectivity index (χ1v) is 9.36. The van der Waals surface area contributed by atoms with Crippen molar-refractivity contribution in [1.29, 1.82) is 0 Å². The zero-order valence-electron chi connectivity index (χ0n) is 14.8. The second-order valence-electron chi connectivity index (χ2n) is 6.19. The lowest BCUT2D eigenvalue weighted by Gasteiger charge is -2.08. The number of aromatic nitrogens is 5. The first kappa shape index (κ1) is 17.7. The first-order chi connectivity index (χ1) is 13.0. The number of imidazole rings is 1. The van der Waals surface area contributed by atoms with Crippen LogP contribution in [-0.4, -0.2) is 24.3 Å². The molecule has 0 fully saturated rings. The van der Waals surface area contributed by atoms with E-state index in [0.29, 0.717) is 22.0 Å². The molecule has 0 radical (unpaired) electrons. The Balaban J connectivity index is 1.62. The van der Waals surface area contributed by atoms with Gasteiger partial charge in [-0.2, -0.15) is 8.78 Å². The maximum atomic E-state index is 13.5. The lowest BCUT2D eigenvalue weighted by atomic mass is 10.1. The van der Waals surface area contributed by atoms with Gasteiger partial charge in [0.25, 0.3) is 0 Å². The Labute approximate surface area is 159 Å². The average molecular weight is 385 g/mol. The van der Waals surface area contributed by atoms with E-state index >= 15 is 0 Å². The molecule has 5 nitrogen and oxygen atoms in total. The normalized spacial score (nSPS) is 11.6. The van der Waals surface area contributed by atoms with Crippen LogP contribution in [0.5, 0.6) is 0 Å². The summed E-state index contributed by atoms with van der Waals surface area (Å²) in [7, 11) is 1.87. The number of halogens is 2. The Morgan fingerprint density at radius 3 is 2.67 bits per heavy atom. The van der Waals surface area contributed by atoms with Crippen molar-refractivity contribution in [1.82, 2.24) is 24.3 Å².